The SMILES string of the molecule is c1ccc(-c2nc(-c3ccccc3)nc(-c3ccccc3-c3c(-c4ccc(-n5c6ccccc6c6ccccc65)cc4)c(-n4c5ccccc5c5ncccc54)nc(-c4ccc(-n5c6ccccc6c6ccccc65)cc4)c3-n3c4ccccc4c4ncccc43)n2)cc1. The Kier molecular flexibility index (Phi) is 12.0. The van der Waals surface area contributed by atoms with Gasteiger partial charge in [-0.1, -0.05) is 218 Å². The first-order valence-corrected chi connectivity index (χ1v) is 31.6. The zero-order valence-electron chi connectivity index (χ0n) is 50.5. The monoisotopic (exact) mass is 1200 g/mol. The lowest BCUT2D eigenvalue weighted by atomic mass is 9.88. The van der Waals surface area contributed by atoms with Crippen molar-refractivity contribution in [3.05, 3.63) is 316 Å². The minimum absolute atomic E-state index is 0.516. The van der Waals surface area contributed by atoms with Crippen LogP contribution >= 0.6 is 0 Å². The van der Waals surface area contributed by atoms with Crippen molar-refractivity contribution in [2.75, 3.05) is 0 Å². The van der Waals surface area contributed by atoms with E-state index >= 15 is 0 Å². The molecule has 11 aromatic carbocycles. The van der Waals surface area contributed by atoms with Gasteiger partial charge in [0.15, 0.2) is 17.5 Å². The average Bonchev–Trinajstić information content (AvgIpc) is 1.35. The van der Waals surface area contributed by atoms with Gasteiger partial charge in [-0.2, -0.15) is 0 Å². The van der Waals surface area contributed by atoms with Gasteiger partial charge in [0.2, 0.25) is 0 Å². The lowest BCUT2D eigenvalue weighted by Crippen LogP contribution is -2.11. The van der Waals surface area contributed by atoms with Gasteiger partial charge in [0.25, 0.3) is 0 Å². The fourth-order valence-corrected chi connectivity index (χ4v) is 14.5. The third-order valence-electron chi connectivity index (χ3n) is 18.6. The van der Waals surface area contributed by atoms with Gasteiger partial charge in [-0.05, 0) is 96.1 Å². The molecule has 0 spiro atoms. The van der Waals surface area contributed by atoms with Crippen molar-refractivity contribution in [3.8, 4) is 90.6 Å². The topological polar surface area (TPSA) is 97.1 Å². The Morgan fingerprint density at radius 1 is 0.223 bits per heavy atom. The summed E-state index contributed by atoms with van der Waals surface area (Å²) in [5.41, 5.74) is 20.7. The summed E-state index contributed by atoms with van der Waals surface area (Å²) in [5.74, 6) is 2.35. The molecule has 0 aliphatic heterocycles. The second kappa shape index (κ2) is 21.4. The fourth-order valence-electron chi connectivity index (χ4n) is 14.5. The van der Waals surface area contributed by atoms with E-state index in [1.807, 2.05) is 60.9 Å². The second-order valence-corrected chi connectivity index (χ2v) is 23.7. The molecule has 0 N–H and O–H groups in total. The summed E-state index contributed by atoms with van der Waals surface area (Å²) in [7, 11) is 0. The first kappa shape index (κ1) is 53.0. The molecule has 8 aromatic heterocycles. The van der Waals surface area contributed by atoms with Gasteiger partial charge in [-0.15, -0.1) is 0 Å². The van der Waals surface area contributed by atoms with Crippen LogP contribution in [0, 0.1) is 0 Å². The second-order valence-electron chi connectivity index (χ2n) is 23.7. The number of hydrogen-bond acceptors (Lipinski definition) is 6. The van der Waals surface area contributed by atoms with Crippen LogP contribution in [0.5, 0.6) is 0 Å². The molecule has 94 heavy (non-hydrogen) atoms. The summed E-state index contributed by atoms with van der Waals surface area (Å²) in [4.78, 5) is 32.9. The molecular weight excluding hydrogens is 1150 g/mol. The number of nitrogens with zero attached hydrogens (tertiary/aromatic N) is 10. The molecule has 0 radical (unpaired) electrons. The summed E-state index contributed by atoms with van der Waals surface area (Å²) in [5, 5.41) is 6.81. The maximum absolute atomic E-state index is 6.31. The zero-order chi connectivity index (χ0) is 61.8. The Bertz CT molecular complexity index is 5950. The number of pyridine rings is 3. The van der Waals surface area contributed by atoms with Gasteiger partial charge >= 0.3 is 0 Å². The smallest absolute Gasteiger partial charge is 0.164 e. The van der Waals surface area contributed by atoms with Crippen LogP contribution in [0.1, 0.15) is 0 Å². The Hall–Kier alpha value is -12.9. The van der Waals surface area contributed by atoms with Crippen molar-refractivity contribution in [1.29, 1.82) is 0 Å². The van der Waals surface area contributed by atoms with E-state index < -0.39 is 0 Å². The maximum Gasteiger partial charge on any atom is 0.164 e. The maximum atomic E-state index is 6.31. The van der Waals surface area contributed by atoms with Crippen LogP contribution in [0.15, 0.2) is 316 Å². The predicted octanol–water partition coefficient (Wildman–Crippen LogP) is 20.4. The van der Waals surface area contributed by atoms with Crippen LogP contribution in [0.3, 0.4) is 0 Å². The minimum Gasteiger partial charge on any atom is -0.309 e. The van der Waals surface area contributed by atoms with Crippen LogP contribution in [0.4, 0.5) is 0 Å². The molecule has 0 aliphatic rings. The van der Waals surface area contributed by atoms with Gasteiger partial charge in [0, 0.05) is 89.5 Å². The molecule has 0 saturated heterocycles. The Morgan fingerprint density at radius 3 is 1.06 bits per heavy atom. The van der Waals surface area contributed by atoms with Crippen LogP contribution in [-0.2, 0) is 0 Å². The fraction of sp³-hybridized carbons (Fsp3) is 0. The molecule has 19 aromatic rings. The van der Waals surface area contributed by atoms with E-state index in [9.17, 15) is 0 Å². The zero-order valence-corrected chi connectivity index (χ0v) is 50.5. The molecule has 0 aliphatic carbocycles. The summed E-state index contributed by atoms with van der Waals surface area (Å²) in [6.07, 6.45) is 3.77. The van der Waals surface area contributed by atoms with E-state index in [1.165, 1.54) is 21.5 Å². The van der Waals surface area contributed by atoms with Crippen LogP contribution < -0.4 is 0 Å². The van der Waals surface area contributed by atoms with Crippen LogP contribution in [0.25, 0.3) is 178 Å². The lowest BCUT2D eigenvalue weighted by molar-refractivity contribution is 1.06. The molecule has 0 saturated carbocycles. The minimum atomic E-state index is 0.516. The molecule has 0 amide bonds. The number of aromatic nitrogens is 10. The van der Waals surface area contributed by atoms with E-state index in [4.69, 9.17) is 29.9 Å². The van der Waals surface area contributed by atoms with Crippen molar-refractivity contribution < 1.29 is 0 Å². The molecule has 10 heteroatoms. The summed E-state index contributed by atoms with van der Waals surface area (Å²) >= 11 is 0. The van der Waals surface area contributed by atoms with Gasteiger partial charge < -0.3 is 13.7 Å². The van der Waals surface area contributed by atoms with E-state index in [0.717, 1.165) is 133 Å². The Morgan fingerprint density at radius 2 is 0.585 bits per heavy atom. The van der Waals surface area contributed by atoms with Crippen molar-refractivity contribution >= 4 is 87.5 Å². The average molecular weight is 1200 g/mol. The highest BCUT2D eigenvalue weighted by Crippen LogP contribution is 2.51. The molecule has 0 bridgehead atoms. The molecule has 19 rings (SSSR count). The van der Waals surface area contributed by atoms with E-state index in [0.29, 0.717) is 23.3 Å². The molecule has 0 fully saturated rings. The Labute approximate surface area is 538 Å². The first-order chi connectivity index (χ1) is 46.7. The van der Waals surface area contributed by atoms with E-state index in [1.54, 1.807) is 0 Å². The van der Waals surface area contributed by atoms with Crippen LogP contribution in [-0.4, -0.2) is 48.2 Å². The first-order valence-electron chi connectivity index (χ1n) is 31.6. The number of para-hydroxylation sites is 6. The molecule has 438 valence electrons. The number of benzene rings is 11. The normalized spacial score (nSPS) is 11.8. The summed E-state index contributed by atoms with van der Waals surface area (Å²) < 4.78 is 9.48. The van der Waals surface area contributed by atoms with Gasteiger partial charge in [0.05, 0.1) is 66.5 Å². The largest absolute Gasteiger partial charge is 0.309 e. The quantitative estimate of drug-likeness (QED) is 0.135. The number of rotatable bonds is 10. The van der Waals surface area contributed by atoms with E-state index in [-0.39, 0.29) is 0 Å². The third kappa shape index (κ3) is 8.23. The molecule has 10 nitrogen and oxygen atoms in total. The number of hydrogen-bond donors (Lipinski definition) is 0. The molecule has 0 unspecified atom stereocenters. The van der Waals surface area contributed by atoms with Crippen molar-refractivity contribution in [2.24, 2.45) is 0 Å². The lowest BCUT2D eigenvalue weighted by Gasteiger charge is -2.26. The van der Waals surface area contributed by atoms with Gasteiger partial charge in [-0.3, -0.25) is 14.5 Å². The summed E-state index contributed by atoms with van der Waals surface area (Å²) in [6, 6.07) is 107. The Balaban J connectivity index is 0.990. The highest BCUT2D eigenvalue weighted by Gasteiger charge is 2.32. The van der Waals surface area contributed by atoms with Crippen LogP contribution in [0.2, 0.25) is 0 Å². The highest BCUT2D eigenvalue weighted by molar-refractivity contribution is 6.14. The summed E-state index contributed by atoms with van der Waals surface area (Å²) in [6.45, 7) is 0. The molecular formula is C84H52N10. The van der Waals surface area contributed by atoms with Gasteiger partial charge in [-0.25, -0.2) is 19.9 Å². The molecule has 8 heterocycles. The van der Waals surface area contributed by atoms with E-state index in [2.05, 4.69) is 273 Å². The standard InChI is InChI=1S/C84H52N10/c1-3-23-55(24-4-1)81-88-82(56-25-5-2-6-26-56)90-83(89-81)64-32-8-7-31-63(64)76-75(53-43-47-57(48-44-53)91-67-35-15-9-27-59(67)60-28-10-16-36-68(60)91)84(94-72-40-20-14-34-66(72)79-74(94)42-22-52-86-79)87-77(80(76)93-71-39-19-13-33-65(71)78-73(93)41-21-51-85-78)54-45-49-58(50-46-54)92-69-37-17-11-29-61(69)62-30-12-18-38-70(62)92/h1-52H. The number of fused-ring (bicyclic) bond motifs is 12. The van der Waals surface area contributed by atoms with Gasteiger partial charge in [0.1, 0.15) is 5.82 Å². The molecule has 0 atom stereocenters. The third-order valence-corrected chi connectivity index (χ3v) is 18.6. The highest BCUT2D eigenvalue weighted by atomic mass is 15.1. The van der Waals surface area contributed by atoms with Crippen molar-refractivity contribution in [3.63, 3.8) is 0 Å². The van der Waals surface area contributed by atoms with Crippen molar-refractivity contribution in [2.45, 2.75) is 0 Å². The predicted molar refractivity (Wildman–Crippen MR) is 383 cm³/mol. The van der Waals surface area contributed by atoms with Crippen molar-refractivity contribution in [1.82, 2.24) is 48.2 Å².